The maximum atomic E-state index is 13.2. The van der Waals surface area contributed by atoms with Crippen LogP contribution in [0.25, 0.3) is 0 Å². The van der Waals surface area contributed by atoms with E-state index in [-0.39, 0.29) is 6.61 Å². The second-order valence-electron chi connectivity index (χ2n) is 4.94. The molecule has 1 unspecified atom stereocenters. The van der Waals surface area contributed by atoms with E-state index in [9.17, 15) is 14.0 Å². The van der Waals surface area contributed by atoms with Crippen molar-refractivity contribution in [3.63, 3.8) is 0 Å². The van der Waals surface area contributed by atoms with Crippen LogP contribution >= 0.6 is 0 Å². The third-order valence-corrected chi connectivity index (χ3v) is 3.57. The summed E-state index contributed by atoms with van der Waals surface area (Å²) < 4.78 is 28.1. The predicted octanol–water partition coefficient (Wildman–Crippen LogP) is 2.12. The summed E-state index contributed by atoms with van der Waals surface area (Å²) in [5.41, 5.74) is 1.59. The molecule has 0 spiro atoms. The molecule has 1 heterocycles. The van der Waals surface area contributed by atoms with Crippen LogP contribution < -0.4 is 0 Å². The fourth-order valence-electron chi connectivity index (χ4n) is 2.53. The van der Waals surface area contributed by atoms with Crippen molar-refractivity contribution in [1.82, 2.24) is 0 Å². The van der Waals surface area contributed by atoms with Crippen molar-refractivity contribution in [2.24, 2.45) is 0 Å². The largest absolute Gasteiger partial charge is 0.432 e. The minimum atomic E-state index is -1.71. The van der Waals surface area contributed by atoms with Gasteiger partial charge in [-0.25, -0.2) is 14.0 Å². The minimum absolute atomic E-state index is 0.133. The van der Waals surface area contributed by atoms with E-state index in [0.717, 1.165) is 11.8 Å². The van der Waals surface area contributed by atoms with Gasteiger partial charge in [-0.3, -0.25) is 0 Å². The van der Waals surface area contributed by atoms with Crippen LogP contribution in [0.3, 0.4) is 0 Å². The highest BCUT2D eigenvalue weighted by atomic mass is 19.1. The third-order valence-electron chi connectivity index (χ3n) is 3.57. The zero-order chi connectivity index (χ0) is 17.2. The van der Waals surface area contributed by atoms with Crippen LogP contribution in [0.2, 0.25) is 0 Å². The van der Waals surface area contributed by atoms with Crippen molar-refractivity contribution >= 4 is 11.9 Å². The molecule has 0 amide bonds. The molecule has 2 aromatic rings. The van der Waals surface area contributed by atoms with Gasteiger partial charge in [-0.05, 0) is 29.8 Å². The Morgan fingerprint density at radius 2 is 1.83 bits per heavy atom. The van der Waals surface area contributed by atoms with Gasteiger partial charge >= 0.3 is 11.9 Å². The Bertz CT molecular complexity index is 843. The summed E-state index contributed by atoms with van der Waals surface area (Å²) in [6, 6.07) is 12.1. The first-order valence-electron chi connectivity index (χ1n) is 6.88. The molecule has 2 aromatic carbocycles. The SMILES string of the molecule is N#COC(=O)C(=O)OC1(c2ccc(F)cc2)OCc2ccccc21. The van der Waals surface area contributed by atoms with Crippen LogP contribution in [0.4, 0.5) is 4.39 Å². The lowest BCUT2D eigenvalue weighted by atomic mass is 9.95. The number of ether oxygens (including phenoxy) is 3. The van der Waals surface area contributed by atoms with E-state index in [4.69, 9.17) is 14.7 Å². The maximum Gasteiger partial charge on any atom is 0.432 e. The molecule has 0 saturated heterocycles. The number of carbonyl (C=O) groups is 2. The van der Waals surface area contributed by atoms with Gasteiger partial charge in [0.1, 0.15) is 5.82 Å². The molecule has 0 aromatic heterocycles. The van der Waals surface area contributed by atoms with Crippen LogP contribution in [0, 0.1) is 17.3 Å². The van der Waals surface area contributed by atoms with Crippen molar-refractivity contribution in [3.05, 3.63) is 71.0 Å². The van der Waals surface area contributed by atoms with E-state index < -0.39 is 23.5 Å². The van der Waals surface area contributed by atoms with Crippen LogP contribution in [0.15, 0.2) is 48.5 Å². The highest BCUT2D eigenvalue weighted by molar-refractivity contribution is 6.30. The van der Waals surface area contributed by atoms with Crippen molar-refractivity contribution in [1.29, 1.82) is 5.26 Å². The van der Waals surface area contributed by atoms with E-state index in [1.807, 2.05) is 0 Å². The molecule has 120 valence electrons. The van der Waals surface area contributed by atoms with Crippen LogP contribution in [-0.2, 0) is 36.2 Å². The first-order chi connectivity index (χ1) is 11.6. The fourth-order valence-corrected chi connectivity index (χ4v) is 2.53. The van der Waals surface area contributed by atoms with E-state index >= 15 is 0 Å². The first kappa shape index (κ1) is 15.6. The molecule has 0 radical (unpaired) electrons. The Kier molecular flexibility index (Phi) is 3.98. The summed E-state index contributed by atoms with van der Waals surface area (Å²) in [6.07, 6.45) is 1.11. The van der Waals surface area contributed by atoms with E-state index in [1.54, 1.807) is 24.3 Å². The van der Waals surface area contributed by atoms with Crippen molar-refractivity contribution in [2.75, 3.05) is 0 Å². The number of halogens is 1. The third kappa shape index (κ3) is 2.59. The number of hydrogen-bond acceptors (Lipinski definition) is 6. The van der Waals surface area contributed by atoms with E-state index in [1.165, 1.54) is 24.3 Å². The average Bonchev–Trinajstić information content (AvgIpc) is 2.95. The Labute approximate surface area is 136 Å². The second-order valence-corrected chi connectivity index (χ2v) is 4.94. The molecule has 1 aliphatic heterocycles. The highest BCUT2D eigenvalue weighted by Gasteiger charge is 2.47. The molecule has 1 aliphatic rings. The molecule has 6 nitrogen and oxygen atoms in total. The average molecular weight is 327 g/mol. The summed E-state index contributed by atoms with van der Waals surface area (Å²) in [7, 11) is 0. The Balaban J connectivity index is 2.06. The number of rotatable bonds is 2. The Hall–Kier alpha value is -3.24. The number of carbonyl (C=O) groups excluding carboxylic acids is 2. The first-order valence-corrected chi connectivity index (χ1v) is 6.88. The molecular weight excluding hydrogens is 317 g/mol. The number of nitriles is 1. The molecule has 24 heavy (non-hydrogen) atoms. The Morgan fingerprint density at radius 1 is 1.12 bits per heavy atom. The zero-order valence-electron chi connectivity index (χ0n) is 12.2. The van der Waals surface area contributed by atoms with Crippen LogP contribution in [-0.4, -0.2) is 11.9 Å². The normalized spacial score (nSPS) is 18.3. The van der Waals surface area contributed by atoms with Gasteiger partial charge in [-0.1, -0.05) is 24.3 Å². The lowest BCUT2D eigenvalue weighted by Gasteiger charge is -2.29. The molecular formula is C17H10FNO5. The van der Waals surface area contributed by atoms with E-state index in [0.29, 0.717) is 11.1 Å². The van der Waals surface area contributed by atoms with Gasteiger partial charge in [-0.2, -0.15) is 0 Å². The molecule has 0 N–H and O–H groups in total. The predicted molar refractivity (Wildman–Crippen MR) is 76.2 cm³/mol. The molecule has 7 heteroatoms. The summed E-state index contributed by atoms with van der Waals surface area (Å²) in [4.78, 5) is 23.4. The Morgan fingerprint density at radius 3 is 2.54 bits per heavy atom. The quantitative estimate of drug-likeness (QED) is 0.477. The van der Waals surface area contributed by atoms with Gasteiger partial charge < -0.3 is 14.2 Å². The van der Waals surface area contributed by atoms with E-state index in [2.05, 4.69) is 4.74 Å². The molecule has 3 rings (SSSR count). The number of nitrogens with zero attached hydrogens (tertiary/aromatic N) is 1. The minimum Gasteiger partial charge on any atom is -0.416 e. The molecule has 0 fully saturated rings. The van der Waals surface area contributed by atoms with Crippen molar-refractivity contribution in [2.45, 2.75) is 12.4 Å². The topological polar surface area (TPSA) is 85.6 Å². The van der Waals surface area contributed by atoms with Crippen LogP contribution in [0.1, 0.15) is 16.7 Å². The van der Waals surface area contributed by atoms with Gasteiger partial charge in [-0.15, -0.1) is 5.26 Å². The summed E-state index contributed by atoms with van der Waals surface area (Å²) >= 11 is 0. The summed E-state index contributed by atoms with van der Waals surface area (Å²) in [5.74, 6) is -5.05. The van der Waals surface area contributed by atoms with Gasteiger partial charge in [0.25, 0.3) is 12.0 Å². The van der Waals surface area contributed by atoms with Crippen LogP contribution in [0.5, 0.6) is 0 Å². The zero-order valence-corrected chi connectivity index (χ0v) is 12.2. The fraction of sp³-hybridized carbons (Fsp3) is 0.118. The number of benzene rings is 2. The molecule has 1 atom stereocenters. The molecule has 0 aliphatic carbocycles. The van der Waals surface area contributed by atoms with Crippen molar-refractivity contribution in [3.8, 4) is 6.26 Å². The summed E-state index contributed by atoms with van der Waals surface area (Å²) in [6.45, 7) is 0.133. The molecule has 0 bridgehead atoms. The number of esters is 2. The lowest BCUT2D eigenvalue weighted by Crippen LogP contribution is -2.36. The van der Waals surface area contributed by atoms with Gasteiger partial charge in [0, 0.05) is 11.1 Å². The van der Waals surface area contributed by atoms with Gasteiger partial charge in [0.2, 0.25) is 0 Å². The molecule has 0 saturated carbocycles. The second kappa shape index (κ2) is 6.10. The van der Waals surface area contributed by atoms with Crippen molar-refractivity contribution < 1.29 is 28.2 Å². The monoisotopic (exact) mass is 327 g/mol. The van der Waals surface area contributed by atoms with Gasteiger partial charge in [0.05, 0.1) is 6.61 Å². The van der Waals surface area contributed by atoms with Gasteiger partial charge in [0.15, 0.2) is 0 Å². The highest BCUT2D eigenvalue weighted by Crippen LogP contribution is 2.43. The summed E-state index contributed by atoms with van der Waals surface area (Å²) in [5, 5.41) is 8.34. The number of fused-ring (bicyclic) bond motifs is 1. The smallest absolute Gasteiger partial charge is 0.416 e. The number of hydrogen-bond donors (Lipinski definition) is 0. The maximum absolute atomic E-state index is 13.2. The standard InChI is InChI=1S/C17H10FNO5/c18-13-7-5-12(6-8-13)17(24-16(21)15(20)22-10-19)14-4-2-1-3-11(14)9-23-17/h1-8H,9H2. The lowest BCUT2D eigenvalue weighted by molar-refractivity contribution is -0.216.